The van der Waals surface area contributed by atoms with Gasteiger partial charge in [0.25, 0.3) is 0 Å². The summed E-state index contributed by atoms with van der Waals surface area (Å²) in [6, 6.07) is 23.0. The van der Waals surface area contributed by atoms with Crippen LogP contribution in [0.25, 0.3) is 0 Å². The zero-order valence-electron chi connectivity index (χ0n) is 15.5. The van der Waals surface area contributed by atoms with Crippen LogP contribution in [0.1, 0.15) is 42.6 Å². The number of halogens is 3. The molecule has 0 amide bonds. The molecule has 0 spiro atoms. The molecule has 0 aromatic heterocycles. The van der Waals surface area contributed by atoms with Gasteiger partial charge in [-0.3, -0.25) is 14.4 Å². The molecule has 2 atom stereocenters. The molecule has 30 heavy (non-hydrogen) atoms. The third-order valence-corrected chi connectivity index (χ3v) is 8.02. The lowest BCUT2D eigenvalue weighted by molar-refractivity contribution is 0.0844. The minimum atomic E-state index is -1.57. The normalized spacial score (nSPS) is 16.8. The molecule has 6 heteroatoms. The summed E-state index contributed by atoms with van der Waals surface area (Å²) in [4.78, 5) is 39.4. The lowest BCUT2D eigenvalue weighted by Gasteiger charge is -2.33. The number of benzene rings is 3. The second-order valence-corrected chi connectivity index (χ2v) is 10.2. The molecule has 150 valence electrons. The molecule has 1 aliphatic rings. The van der Waals surface area contributed by atoms with Gasteiger partial charge >= 0.3 is 0 Å². The first-order chi connectivity index (χ1) is 14.4. The van der Waals surface area contributed by atoms with E-state index in [0.29, 0.717) is 16.7 Å². The molecule has 2 unspecified atom stereocenters. The Balaban J connectivity index is 1.84. The van der Waals surface area contributed by atoms with Gasteiger partial charge < -0.3 is 0 Å². The first-order valence-electron chi connectivity index (χ1n) is 9.22. The summed E-state index contributed by atoms with van der Waals surface area (Å²) in [5, 5.41) is 0. The van der Waals surface area contributed by atoms with Crippen molar-refractivity contribution in [2.24, 2.45) is 0 Å². The molecule has 3 aromatic carbocycles. The summed E-state index contributed by atoms with van der Waals surface area (Å²) >= 11 is 10.4. The summed E-state index contributed by atoms with van der Waals surface area (Å²) in [5.74, 6) is -1.61. The number of hydrogen-bond acceptors (Lipinski definition) is 3. The number of hydrogen-bond donors (Lipinski definition) is 0. The fraction of sp³-hybridized carbons (Fsp3) is 0.125. The van der Waals surface area contributed by atoms with Gasteiger partial charge in [0.1, 0.15) is 0 Å². The molecule has 0 fully saturated rings. The predicted octanol–water partition coefficient (Wildman–Crippen LogP) is 6.39. The van der Waals surface area contributed by atoms with E-state index in [-0.39, 0.29) is 17.3 Å². The first kappa shape index (κ1) is 21.3. The molecule has 0 saturated heterocycles. The van der Waals surface area contributed by atoms with Crippen LogP contribution < -0.4 is 0 Å². The van der Waals surface area contributed by atoms with E-state index in [1.54, 1.807) is 48.5 Å². The van der Waals surface area contributed by atoms with Crippen LogP contribution in [0.4, 0.5) is 0 Å². The fourth-order valence-corrected chi connectivity index (χ4v) is 6.38. The molecule has 0 aliphatic heterocycles. The first-order valence-corrected chi connectivity index (χ1v) is 11.7. The largest absolute Gasteiger partial charge is 0.293 e. The standard InChI is InChI=1S/C24H15Br3O3/c25-16-12-10-15(11-13-16)21(28)20(26)19(14-6-2-1-3-7-14)24(27)22(29)17-8-4-5-9-18(17)23(24)30/h1-13,19-20H. The van der Waals surface area contributed by atoms with Crippen LogP contribution in [0.3, 0.4) is 0 Å². The van der Waals surface area contributed by atoms with Crippen molar-refractivity contribution in [3.05, 3.63) is 106 Å². The average molecular weight is 591 g/mol. The van der Waals surface area contributed by atoms with Gasteiger partial charge in [0, 0.05) is 27.1 Å². The monoisotopic (exact) mass is 588 g/mol. The van der Waals surface area contributed by atoms with E-state index in [0.717, 1.165) is 10.0 Å². The van der Waals surface area contributed by atoms with Crippen LogP contribution in [0, 0.1) is 0 Å². The zero-order chi connectivity index (χ0) is 21.5. The lowest BCUT2D eigenvalue weighted by atomic mass is 9.78. The summed E-state index contributed by atoms with van der Waals surface area (Å²) in [7, 11) is 0. The number of rotatable bonds is 5. The van der Waals surface area contributed by atoms with Gasteiger partial charge in [-0.2, -0.15) is 0 Å². The molecule has 0 saturated carbocycles. The number of alkyl halides is 2. The van der Waals surface area contributed by atoms with E-state index in [4.69, 9.17) is 0 Å². The second-order valence-electron chi connectivity index (χ2n) is 7.08. The summed E-state index contributed by atoms with van der Waals surface area (Å²) in [6.45, 7) is 0. The Hall–Kier alpha value is -1.89. The number of fused-ring (bicyclic) bond motifs is 1. The van der Waals surface area contributed by atoms with Crippen LogP contribution in [0.2, 0.25) is 0 Å². The van der Waals surface area contributed by atoms with Crippen LogP contribution >= 0.6 is 47.8 Å². The van der Waals surface area contributed by atoms with Gasteiger partial charge in [-0.15, -0.1) is 0 Å². The molecular weight excluding hydrogens is 576 g/mol. The molecule has 0 radical (unpaired) electrons. The predicted molar refractivity (Wildman–Crippen MR) is 127 cm³/mol. The quantitative estimate of drug-likeness (QED) is 0.197. The van der Waals surface area contributed by atoms with Crippen molar-refractivity contribution >= 4 is 65.1 Å². The van der Waals surface area contributed by atoms with Crippen molar-refractivity contribution in [2.75, 3.05) is 0 Å². The molecule has 0 N–H and O–H groups in total. The van der Waals surface area contributed by atoms with Crippen molar-refractivity contribution in [1.82, 2.24) is 0 Å². The molecule has 0 heterocycles. The van der Waals surface area contributed by atoms with Crippen LogP contribution in [0.5, 0.6) is 0 Å². The minimum absolute atomic E-state index is 0.202. The Morgan fingerprint density at radius 1 is 0.767 bits per heavy atom. The molecule has 3 aromatic rings. The summed E-state index contributed by atoms with van der Waals surface area (Å²) < 4.78 is -0.713. The van der Waals surface area contributed by atoms with Gasteiger partial charge in [-0.05, 0) is 17.7 Å². The van der Waals surface area contributed by atoms with Crippen molar-refractivity contribution in [3.63, 3.8) is 0 Å². The van der Waals surface area contributed by atoms with Crippen molar-refractivity contribution in [3.8, 4) is 0 Å². The molecular formula is C24H15Br3O3. The molecule has 4 rings (SSSR count). The highest BCUT2D eigenvalue weighted by Crippen LogP contribution is 2.49. The average Bonchev–Trinajstić information content (AvgIpc) is 2.96. The summed E-state index contributed by atoms with van der Waals surface area (Å²) in [5.41, 5.74) is 1.95. The highest BCUT2D eigenvalue weighted by Gasteiger charge is 2.59. The van der Waals surface area contributed by atoms with Gasteiger partial charge in [0.05, 0.1) is 4.83 Å². The molecule has 0 bridgehead atoms. The number of carbonyl (C=O) groups excluding carboxylic acids is 3. The van der Waals surface area contributed by atoms with Crippen molar-refractivity contribution < 1.29 is 14.4 Å². The van der Waals surface area contributed by atoms with E-state index < -0.39 is 15.1 Å². The van der Waals surface area contributed by atoms with E-state index in [1.807, 2.05) is 30.3 Å². The Morgan fingerprint density at radius 3 is 1.80 bits per heavy atom. The van der Waals surface area contributed by atoms with E-state index in [9.17, 15) is 14.4 Å². The van der Waals surface area contributed by atoms with Crippen LogP contribution in [0.15, 0.2) is 83.3 Å². The SMILES string of the molecule is O=C(c1ccc(Br)cc1)C(Br)C(c1ccccc1)C1(Br)C(=O)c2ccccc2C1=O. The van der Waals surface area contributed by atoms with Gasteiger partial charge in [-0.25, -0.2) is 0 Å². The molecule has 1 aliphatic carbocycles. The van der Waals surface area contributed by atoms with Crippen molar-refractivity contribution in [2.45, 2.75) is 15.1 Å². The maximum Gasteiger partial charge on any atom is 0.188 e. The minimum Gasteiger partial charge on any atom is -0.293 e. The van der Waals surface area contributed by atoms with Crippen LogP contribution in [-0.2, 0) is 0 Å². The fourth-order valence-electron chi connectivity index (χ4n) is 3.84. The van der Waals surface area contributed by atoms with Gasteiger partial charge in [-0.1, -0.05) is 115 Å². The smallest absolute Gasteiger partial charge is 0.188 e. The Labute approximate surface area is 199 Å². The summed E-state index contributed by atoms with van der Waals surface area (Å²) in [6.07, 6.45) is 0. The number of Topliss-reactive ketones (excluding diaryl/α,β-unsaturated/α-hetero) is 3. The Bertz CT molecular complexity index is 1100. The number of ketones is 3. The lowest BCUT2D eigenvalue weighted by Crippen LogP contribution is -2.46. The Morgan fingerprint density at radius 2 is 1.27 bits per heavy atom. The number of carbonyl (C=O) groups is 3. The van der Waals surface area contributed by atoms with Crippen LogP contribution in [-0.4, -0.2) is 26.5 Å². The third kappa shape index (κ3) is 3.45. The van der Waals surface area contributed by atoms with Gasteiger partial charge in [0.2, 0.25) is 0 Å². The van der Waals surface area contributed by atoms with E-state index in [2.05, 4.69) is 47.8 Å². The third-order valence-electron chi connectivity index (χ3n) is 5.34. The highest BCUT2D eigenvalue weighted by atomic mass is 79.9. The van der Waals surface area contributed by atoms with E-state index in [1.165, 1.54) is 0 Å². The maximum atomic E-state index is 13.4. The Kier molecular flexibility index (Phi) is 5.93. The topological polar surface area (TPSA) is 51.2 Å². The van der Waals surface area contributed by atoms with E-state index >= 15 is 0 Å². The highest BCUT2D eigenvalue weighted by molar-refractivity contribution is 9.11. The maximum absolute atomic E-state index is 13.4. The zero-order valence-corrected chi connectivity index (χ0v) is 20.3. The second kappa shape index (κ2) is 8.33. The van der Waals surface area contributed by atoms with Crippen molar-refractivity contribution in [1.29, 1.82) is 0 Å². The molecule has 3 nitrogen and oxygen atoms in total. The van der Waals surface area contributed by atoms with Gasteiger partial charge in [0.15, 0.2) is 21.7 Å².